The Hall–Kier alpha value is -3.16. The third-order valence-electron chi connectivity index (χ3n) is 3.50. The number of nitrogens with zero attached hydrogens (tertiary/aromatic N) is 2. The fraction of sp³-hybridized carbons (Fsp3) is 0.250. The van der Waals surface area contributed by atoms with Crippen LogP contribution in [0.5, 0.6) is 0 Å². The molecule has 0 spiro atoms. The van der Waals surface area contributed by atoms with Crippen molar-refractivity contribution in [3.05, 3.63) is 41.8 Å². The first-order valence-corrected chi connectivity index (χ1v) is 7.30. The van der Waals surface area contributed by atoms with Crippen LogP contribution < -0.4 is 10.2 Å². The topological polar surface area (TPSA) is 102 Å². The van der Waals surface area contributed by atoms with Crippen molar-refractivity contribution in [2.45, 2.75) is 20.0 Å². The van der Waals surface area contributed by atoms with E-state index in [9.17, 15) is 14.4 Å². The van der Waals surface area contributed by atoms with Crippen LogP contribution in [0, 0.1) is 6.92 Å². The van der Waals surface area contributed by atoms with Crippen LogP contribution in [-0.2, 0) is 14.3 Å². The average Bonchev–Trinajstić information content (AvgIpc) is 3.00. The molecule has 2 amide bonds. The highest BCUT2D eigenvalue weighted by Crippen LogP contribution is 2.29. The van der Waals surface area contributed by atoms with Crippen molar-refractivity contribution >= 4 is 29.2 Å². The van der Waals surface area contributed by atoms with Crippen LogP contribution in [0.15, 0.2) is 34.9 Å². The monoisotopic (exact) mass is 329 g/mol. The molecule has 0 fully saturated rings. The van der Waals surface area contributed by atoms with Gasteiger partial charge in [0.05, 0.1) is 17.1 Å². The van der Waals surface area contributed by atoms with Gasteiger partial charge in [0.25, 0.3) is 5.91 Å². The number of aromatic nitrogens is 1. The molecule has 1 aromatic heterocycles. The van der Waals surface area contributed by atoms with E-state index in [1.54, 1.807) is 31.2 Å². The van der Waals surface area contributed by atoms with Crippen LogP contribution >= 0.6 is 0 Å². The van der Waals surface area contributed by atoms with Crippen LogP contribution in [0.25, 0.3) is 0 Å². The van der Waals surface area contributed by atoms with Gasteiger partial charge in [-0.3, -0.25) is 14.5 Å². The summed E-state index contributed by atoms with van der Waals surface area (Å²) < 4.78 is 9.93. The Morgan fingerprint density at radius 3 is 2.83 bits per heavy atom. The first kappa shape index (κ1) is 15.7. The number of para-hydroxylation sites is 2. The molecule has 1 N–H and O–H groups in total. The van der Waals surface area contributed by atoms with Crippen LogP contribution in [0.3, 0.4) is 0 Å². The molecule has 0 bridgehead atoms. The summed E-state index contributed by atoms with van der Waals surface area (Å²) in [7, 11) is 0. The van der Waals surface area contributed by atoms with Crippen molar-refractivity contribution in [2.75, 3.05) is 16.8 Å². The van der Waals surface area contributed by atoms with Crippen molar-refractivity contribution in [3.8, 4) is 0 Å². The summed E-state index contributed by atoms with van der Waals surface area (Å²) in [5.41, 5.74) is 1.62. The molecule has 124 valence electrons. The third kappa shape index (κ3) is 2.98. The van der Waals surface area contributed by atoms with Gasteiger partial charge in [0.1, 0.15) is 6.54 Å². The van der Waals surface area contributed by atoms with E-state index in [0.717, 1.165) is 0 Å². The Kier molecular flexibility index (Phi) is 4.03. The molecule has 0 saturated carbocycles. The van der Waals surface area contributed by atoms with Gasteiger partial charge in [-0.05, 0) is 26.0 Å². The van der Waals surface area contributed by atoms with Crippen LogP contribution in [0.4, 0.5) is 11.4 Å². The summed E-state index contributed by atoms with van der Waals surface area (Å²) >= 11 is 0. The molecule has 3 rings (SSSR count). The first-order valence-electron chi connectivity index (χ1n) is 7.30. The number of hydrogen-bond donors (Lipinski definition) is 1. The minimum atomic E-state index is -1.08. The predicted octanol–water partition coefficient (Wildman–Crippen LogP) is 1.51. The van der Waals surface area contributed by atoms with Crippen LogP contribution in [0.1, 0.15) is 23.2 Å². The van der Waals surface area contributed by atoms with Gasteiger partial charge < -0.3 is 14.6 Å². The van der Waals surface area contributed by atoms with Crippen molar-refractivity contribution in [1.29, 1.82) is 0 Å². The van der Waals surface area contributed by atoms with E-state index in [1.807, 2.05) is 0 Å². The second-order valence-corrected chi connectivity index (χ2v) is 5.37. The van der Waals surface area contributed by atoms with Crippen LogP contribution in [-0.4, -0.2) is 35.6 Å². The maximum atomic E-state index is 12.6. The van der Waals surface area contributed by atoms with E-state index in [2.05, 4.69) is 10.5 Å². The van der Waals surface area contributed by atoms with Crippen molar-refractivity contribution in [2.24, 2.45) is 0 Å². The van der Waals surface area contributed by atoms with Gasteiger partial charge >= 0.3 is 5.97 Å². The number of amides is 2. The number of ether oxygens (including phenoxy) is 1. The fourth-order valence-electron chi connectivity index (χ4n) is 2.38. The zero-order valence-electron chi connectivity index (χ0n) is 13.1. The quantitative estimate of drug-likeness (QED) is 0.857. The summed E-state index contributed by atoms with van der Waals surface area (Å²) in [5.74, 6) is -1.68. The highest BCUT2D eigenvalue weighted by Gasteiger charge is 2.32. The van der Waals surface area contributed by atoms with Gasteiger partial charge in [0, 0.05) is 6.07 Å². The maximum absolute atomic E-state index is 12.6. The summed E-state index contributed by atoms with van der Waals surface area (Å²) in [6.45, 7) is 2.97. The molecule has 24 heavy (non-hydrogen) atoms. The van der Waals surface area contributed by atoms with E-state index in [0.29, 0.717) is 17.1 Å². The molecular weight excluding hydrogens is 314 g/mol. The minimum absolute atomic E-state index is 0.0797. The van der Waals surface area contributed by atoms with Gasteiger partial charge in [0.15, 0.2) is 6.10 Å². The lowest BCUT2D eigenvalue weighted by atomic mass is 10.1. The zero-order valence-corrected chi connectivity index (χ0v) is 13.1. The third-order valence-corrected chi connectivity index (χ3v) is 3.50. The fourth-order valence-corrected chi connectivity index (χ4v) is 2.38. The van der Waals surface area contributed by atoms with Gasteiger partial charge in [-0.2, -0.15) is 0 Å². The first-order chi connectivity index (χ1) is 11.5. The highest BCUT2D eigenvalue weighted by atomic mass is 16.6. The Morgan fingerprint density at radius 1 is 1.38 bits per heavy atom. The smallest absolute Gasteiger partial charge is 0.377 e. The zero-order chi connectivity index (χ0) is 17.3. The summed E-state index contributed by atoms with van der Waals surface area (Å²) in [6, 6.07) is 8.33. The maximum Gasteiger partial charge on any atom is 0.377 e. The molecule has 2 heterocycles. The second kappa shape index (κ2) is 6.15. The SMILES string of the molecule is Cc1cc(C(=O)OC(C)C(=O)N2CC(=O)Nc3ccccc32)on1. The van der Waals surface area contributed by atoms with E-state index in [1.165, 1.54) is 17.9 Å². The molecule has 1 aromatic carbocycles. The van der Waals surface area contributed by atoms with Crippen LogP contribution in [0.2, 0.25) is 0 Å². The lowest BCUT2D eigenvalue weighted by Crippen LogP contribution is -2.47. The van der Waals surface area contributed by atoms with E-state index in [4.69, 9.17) is 9.26 Å². The summed E-state index contributed by atoms with van der Waals surface area (Å²) in [4.78, 5) is 37.6. The average molecular weight is 329 g/mol. The number of hydrogen-bond acceptors (Lipinski definition) is 6. The van der Waals surface area contributed by atoms with Gasteiger partial charge in [-0.25, -0.2) is 4.79 Å². The molecule has 1 unspecified atom stereocenters. The minimum Gasteiger partial charge on any atom is -0.447 e. The summed E-state index contributed by atoms with van der Waals surface area (Å²) in [6.07, 6.45) is -1.08. The molecule has 8 nitrogen and oxygen atoms in total. The largest absolute Gasteiger partial charge is 0.447 e. The van der Waals surface area contributed by atoms with E-state index < -0.39 is 18.0 Å². The van der Waals surface area contributed by atoms with E-state index >= 15 is 0 Å². The number of carbonyl (C=O) groups excluding carboxylic acids is 3. The number of nitrogens with one attached hydrogen (secondary N) is 1. The number of rotatable bonds is 3. The van der Waals surface area contributed by atoms with Crippen molar-refractivity contribution in [1.82, 2.24) is 5.16 Å². The number of fused-ring (bicyclic) bond motifs is 1. The van der Waals surface area contributed by atoms with E-state index in [-0.39, 0.29) is 18.2 Å². The molecule has 2 aromatic rings. The summed E-state index contributed by atoms with van der Waals surface area (Å²) in [5, 5.41) is 6.28. The number of esters is 1. The van der Waals surface area contributed by atoms with Crippen molar-refractivity contribution < 1.29 is 23.6 Å². The van der Waals surface area contributed by atoms with Crippen molar-refractivity contribution in [3.63, 3.8) is 0 Å². The Bertz CT molecular complexity index is 814. The molecular formula is C16H15N3O5. The Labute approximate surface area is 137 Å². The normalized spacial score (nSPS) is 14.6. The molecule has 1 atom stereocenters. The van der Waals surface area contributed by atoms with Gasteiger partial charge in [0.2, 0.25) is 11.7 Å². The molecule has 0 radical (unpaired) electrons. The standard InChI is InChI=1S/C16H15N3O5/c1-9-7-13(24-18-9)16(22)23-10(2)15(21)19-8-14(20)17-11-5-3-4-6-12(11)19/h3-7,10H,8H2,1-2H3,(H,17,20). The Morgan fingerprint density at radius 2 is 2.12 bits per heavy atom. The van der Waals surface area contributed by atoms with Gasteiger partial charge in [-0.1, -0.05) is 17.3 Å². The Balaban J connectivity index is 1.76. The lowest BCUT2D eigenvalue weighted by molar-refractivity contribution is -0.128. The number of aryl methyl sites for hydroxylation is 1. The number of carbonyl (C=O) groups is 3. The molecule has 1 aliphatic heterocycles. The second-order valence-electron chi connectivity index (χ2n) is 5.37. The molecule has 0 aliphatic carbocycles. The number of benzene rings is 1. The molecule has 8 heteroatoms. The number of anilines is 2. The lowest BCUT2D eigenvalue weighted by Gasteiger charge is -2.30. The molecule has 1 aliphatic rings. The van der Waals surface area contributed by atoms with Gasteiger partial charge in [-0.15, -0.1) is 0 Å². The molecule has 0 saturated heterocycles. The predicted molar refractivity (Wildman–Crippen MR) is 83.5 cm³/mol. The highest BCUT2D eigenvalue weighted by molar-refractivity contribution is 6.11.